The third kappa shape index (κ3) is 3.23. The normalized spacial score (nSPS) is 11.1. The second-order valence-electron chi connectivity index (χ2n) is 6.94. The summed E-state index contributed by atoms with van der Waals surface area (Å²) in [6.07, 6.45) is 0. The molecule has 0 radical (unpaired) electrons. The van der Waals surface area contributed by atoms with Crippen LogP contribution in [0.15, 0.2) is 78.9 Å². The molecule has 3 aromatic carbocycles. The van der Waals surface area contributed by atoms with Crippen molar-refractivity contribution < 1.29 is 9.53 Å². The van der Waals surface area contributed by atoms with Gasteiger partial charge < -0.3 is 20.0 Å². The number of para-hydroxylation sites is 1. The van der Waals surface area contributed by atoms with Crippen LogP contribution in [0, 0.1) is 0 Å². The Kier molecular flexibility index (Phi) is 4.06. The van der Waals surface area contributed by atoms with Gasteiger partial charge in [0.05, 0.1) is 7.11 Å². The lowest BCUT2D eigenvalue weighted by Crippen LogP contribution is -2.12. The molecule has 0 atom stereocenters. The highest BCUT2D eigenvalue weighted by molar-refractivity contribution is 6.06. The van der Waals surface area contributed by atoms with Gasteiger partial charge in [0.1, 0.15) is 11.4 Å². The van der Waals surface area contributed by atoms with Crippen LogP contribution in [0.2, 0.25) is 0 Å². The van der Waals surface area contributed by atoms with Gasteiger partial charge in [0.25, 0.3) is 5.91 Å². The molecule has 0 aliphatic carbocycles. The van der Waals surface area contributed by atoms with Gasteiger partial charge in [-0.05, 0) is 48.0 Å². The molecule has 29 heavy (non-hydrogen) atoms. The molecule has 5 rings (SSSR count). The molecule has 2 aromatic heterocycles. The number of rotatable bonds is 4. The lowest BCUT2D eigenvalue weighted by molar-refractivity contribution is 0.102. The third-order valence-electron chi connectivity index (χ3n) is 5.06. The highest BCUT2D eigenvalue weighted by Gasteiger charge is 2.11. The van der Waals surface area contributed by atoms with Crippen molar-refractivity contribution in [1.29, 1.82) is 0 Å². The van der Waals surface area contributed by atoms with Gasteiger partial charge in [-0.15, -0.1) is 0 Å². The fraction of sp³-hybridized carbons (Fsp3) is 0.0417. The van der Waals surface area contributed by atoms with E-state index in [4.69, 9.17) is 4.74 Å². The standard InChI is InChI=1S/C24H19N3O2/c1-29-19-11-8-17-13-23(27-22(17)14-19)24(28)25-18-9-6-15(7-10-18)21-12-16-4-2-3-5-20(16)26-21/h2-14,26-27H,1H3,(H,25,28). The van der Waals surface area contributed by atoms with Gasteiger partial charge in [-0.3, -0.25) is 4.79 Å². The zero-order chi connectivity index (χ0) is 19.8. The largest absolute Gasteiger partial charge is 0.497 e. The van der Waals surface area contributed by atoms with Gasteiger partial charge in [-0.25, -0.2) is 0 Å². The van der Waals surface area contributed by atoms with E-state index in [9.17, 15) is 4.79 Å². The molecule has 0 unspecified atom stereocenters. The number of carbonyl (C=O) groups excluding carboxylic acids is 1. The van der Waals surface area contributed by atoms with Crippen molar-refractivity contribution in [3.8, 4) is 17.0 Å². The number of amides is 1. The minimum absolute atomic E-state index is 0.182. The highest BCUT2D eigenvalue weighted by atomic mass is 16.5. The summed E-state index contributed by atoms with van der Waals surface area (Å²) >= 11 is 0. The Bertz CT molecular complexity index is 1300. The lowest BCUT2D eigenvalue weighted by atomic mass is 10.1. The number of aromatic amines is 2. The monoisotopic (exact) mass is 381 g/mol. The van der Waals surface area contributed by atoms with Crippen LogP contribution in [0.3, 0.4) is 0 Å². The van der Waals surface area contributed by atoms with E-state index >= 15 is 0 Å². The molecule has 0 fully saturated rings. The van der Waals surface area contributed by atoms with E-state index in [2.05, 4.69) is 33.5 Å². The molecule has 1 amide bonds. The number of fused-ring (bicyclic) bond motifs is 2. The number of hydrogen-bond donors (Lipinski definition) is 3. The van der Waals surface area contributed by atoms with E-state index in [0.717, 1.165) is 39.1 Å². The summed E-state index contributed by atoms with van der Waals surface area (Å²) in [7, 11) is 1.62. The minimum atomic E-state index is -0.182. The van der Waals surface area contributed by atoms with Crippen LogP contribution in [0.25, 0.3) is 33.1 Å². The molecule has 0 bridgehead atoms. The highest BCUT2D eigenvalue weighted by Crippen LogP contribution is 2.26. The average molecular weight is 381 g/mol. The SMILES string of the molecule is COc1ccc2cc(C(=O)Nc3ccc(-c4cc5ccccc5[nH]4)cc3)[nH]c2c1. The van der Waals surface area contributed by atoms with E-state index in [1.165, 1.54) is 5.39 Å². The molecule has 0 aliphatic heterocycles. The summed E-state index contributed by atoms with van der Waals surface area (Å²) in [5.74, 6) is 0.567. The number of aromatic nitrogens is 2. The molecular formula is C24H19N3O2. The summed E-state index contributed by atoms with van der Waals surface area (Å²) in [6, 6.07) is 25.6. The Morgan fingerprint density at radius 1 is 0.828 bits per heavy atom. The molecule has 0 spiro atoms. The first-order valence-corrected chi connectivity index (χ1v) is 9.36. The van der Waals surface area contributed by atoms with E-state index in [1.807, 2.05) is 60.7 Å². The molecule has 0 saturated heterocycles. The number of ether oxygens (including phenoxy) is 1. The van der Waals surface area contributed by atoms with Crippen molar-refractivity contribution in [1.82, 2.24) is 9.97 Å². The maximum Gasteiger partial charge on any atom is 0.272 e. The topological polar surface area (TPSA) is 69.9 Å². The van der Waals surface area contributed by atoms with E-state index < -0.39 is 0 Å². The number of H-pyrrole nitrogens is 2. The van der Waals surface area contributed by atoms with Crippen LogP contribution >= 0.6 is 0 Å². The predicted octanol–water partition coefficient (Wildman–Crippen LogP) is 5.58. The molecule has 2 heterocycles. The van der Waals surface area contributed by atoms with Crippen LogP contribution in [0.4, 0.5) is 5.69 Å². The van der Waals surface area contributed by atoms with Crippen molar-refractivity contribution >= 4 is 33.4 Å². The first-order valence-electron chi connectivity index (χ1n) is 9.36. The molecule has 5 aromatic rings. The molecule has 5 heteroatoms. The number of methoxy groups -OCH3 is 1. The quantitative estimate of drug-likeness (QED) is 0.380. The number of anilines is 1. The van der Waals surface area contributed by atoms with Crippen molar-refractivity contribution in [2.75, 3.05) is 12.4 Å². The predicted molar refractivity (Wildman–Crippen MR) is 117 cm³/mol. The second kappa shape index (κ2) is 6.87. The average Bonchev–Trinajstić information content (AvgIpc) is 3.38. The summed E-state index contributed by atoms with van der Waals surface area (Å²) < 4.78 is 5.23. The van der Waals surface area contributed by atoms with Crippen LogP contribution in [-0.4, -0.2) is 23.0 Å². The van der Waals surface area contributed by atoms with Crippen molar-refractivity contribution in [3.63, 3.8) is 0 Å². The fourth-order valence-corrected chi connectivity index (χ4v) is 3.52. The first kappa shape index (κ1) is 17.1. The van der Waals surface area contributed by atoms with Crippen LogP contribution in [-0.2, 0) is 0 Å². The Labute approximate surface area is 167 Å². The molecular weight excluding hydrogens is 362 g/mol. The summed E-state index contributed by atoms with van der Waals surface area (Å²) in [4.78, 5) is 19.2. The van der Waals surface area contributed by atoms with Crippen LogP contribution in [0.5, 0.6) is 5.75 Å². The van der Waals surface area contributed by atoms with E-state index in [1.54, 1.807) is 7.11 Å². The van der Waals surface area contributed by atoms with Crippen molar-refractivity contribution in [2.45, 2.75) is 0 Å². The third-order valence-corrected chi connectivity index (χ3v) is 5.06. The van der Waals surface area contributed by atoms with Gasteiger partial charge in [0, 0.05) is 39.3 Å². The van der Waals surface area contributed by atoms with Gasteiger partial charge in [0.2, 0.25) is 0 Å². The van der Waals surface area contributed by atoms with Crippen LogP contribution < -0.4 is 10.1 Å². The van der Waals surface area contributed by atoms with Gasteiger partial charge >= 0.3 is 0 Å². The number of nitrogens with one attached hydrogen (secondary N) is 3. The summed E-state index contributed by atoms with van der Waals surface area (Å²) in [5, 5.41) is 5.08. The Morgan fingerprint density at radius 3 is 2.41 bits per heavy atom. The van der Waals surface area contributed by atoms with Gasteiger partial charge in [0.15, 0.2) is 0 Å². The Morgan fingerprint density at radius 2 is 1.62 bits per heavy atom. The van der Waals surface area contributed by atoms with Crippen molar-refractivity contribution in [3.05, 3.63) is 84.6 Å². The van der Waals surface area contributed by atoms with Gasteiger partial charge in [-0.1, -0.05) is 30.3 Å². The molecule has 3 N–H and O–H groups in total. The number of hydrogen-bond acceptors (Lipinski definition) is 2. The fourth-order valence-electron chi connectivity index (χ4n) is 3.52. The van der Waals surface area contributed by atoms with Crippen LogP contribution in [0.1, 0.15) is 10.5 Å². The molecule has 142 valence electrons. The second-order valence-corrected chi connectivity index (χ2v) is 6.94. The smallest absolute Gasteiger partial charge is 0.272 e. The maximum atomic E-state index is 12.6. The zero-order valence-electron chi connectivity index (χ0n) is 15.8. The zero-order valence-corrected chi connectivity index (χ0v) is 15.8. The first-order chi connectivity index (χ1) is 14.2. The lowest BCUT2D eigenvalue weighted by Gasteiger charge is -2.05. The van der Waals surface area contributed by atoms with Crippen molar-refractivity contribution in [2.24, 2.45) is 0 Å². The minimum Gasteiger partial charge on any atom is -0.497 e. The number of benzene rings is 3. The Hall–Kier alpha value is -3.99. The Balaban J connectivity index is 1.35. The van der Waals surface area contributed by atoms with E-state index in [-0.39, 0.29) is 5.91 Å². The molecule has 0 aliphatic rings. The van der Waals surface area contributed by atoms with E-state index in [0.29, 0.717) is 5.69 Å². The molecule has 0 saturated carbocycles. The maximum absolute atomic E-state index is 12.6. The summed E-state index contributed by atoms with van der Waals surface area (Å²) in [6.45, 7) is 0. The number of carbonyl (C=O) groups is 1. The summed E-state index contributed by atoms with van der Waals surface area (Å²) in [5.41, 5.74) is 5.34. The molecule has 5 nitrogen and oxygen atoms in total. The van der Waals surface area contributed by atoms with Gasteiger partial charge in [-0.2, -0.15) is 0 Å².